The lowest BCUT2D eigenvalue weighted by molar-refractivity contribution is -0.115. The second-order valence-electron chi connectivity index (χ2n) is 8.19. The van der Waals surface area contributed by atoms with Crippen molar-refractivity contribution in [2.24, 2.45) is 0 Å². The Morgan fingerprint density at radius 1 is 0.970 bits per heavy atom. The summed E-state index contributed by atoms with van der Waals surface area (Å²) in [7, 11) is 1.62. The van der Waals surface area contributed by atoms with Gasteiger partial charge in [0.15, 0.2) is 0 Å². The van der Waals surface area contributed by atoms with Gasteiger partial charge in [-0.3, -0.25) is 9.69 Å². The van der Waals surface area contributed by atoms with E-state index in [1.807, 2.05) is 76.5 Å². The van der Waals surface area contributed by atoms with Crippen molar-refractivity contribution in [3.8, 4) is 5.75 Å². The number of hydrogen-bond donors (Lipinski definition) is 1. The molecule has 0 saturated carbocycles. The molecule has 3 aromatic rings. The van der Waals surface area contributed by atoms with Crippen LogP contribution in [0.15, 0.2) is 78.9 Å². The van der Waals surface area contributed by atoms with Crippen LogP contribution in [-0.2, 0) is 11.2 Å². The molecule has 3 amide bonds. The van der Waals surface area contributed by atoms with Gasteiger partial charge in [0.1, 0.15) is 5.75 Å². The number of anilines is 2. The fourth-order valence-electron chi connectivity index (χ4n) is 4.11. The number of benzene rings is 3. The second-order valence-corrected chi connectivity index (χ2v) is 8.19. The van der Waals surface area contributed by atoms with Crippen LogP contribution in [0.3, 0.4) is 0 Å². The molecule has 1 heterocycles. The highest BCUT2D eigenvalue weighted by Crippen LogP contribution is 2.28. The van der Waals surface area contributed by atoms with Gasteiger partial charge in [0.2, 0.25) is 5.91 Å². The average Bonchev–Trinajstić information content (AvgIpc) is 2.85. The number of nitrogens with zero attached hydrogens (tertiary/aromatic N) is 2. The molecular formula is C27H29N3O3. The Balaban J connectivity index is 1.38. The smallest absolute Gasteiger partial charge is 0.324 e. The molecule has 4 rings (SSSR count). The first-order valence-electron chi connectivity index (χ1n) is 11.2. The maximum Gasteiger partial charge on any atom is 0.324 e. The lowest BCUT2D eigenvalue weighted by Crippen LogP contribution is -2.50. The summed E-state index contributed by atoms with van der Waals surface area (Å²) in [4.78, 5) is 29.4. The van der Waals surface area contributed by atoms with Crippen LogP contribution >= 0.6 is 0 Å². The van der Waals surface area contributed by atoms with Gasteiger partial charge in [0.05, 0.1) is 19.6 Å². The first-order chi connectivity index (χ1) is 16.0. The molecule has 6 heteroatoms. The maximum atomic E-state index is 13.2. The highest BCUT2D eigenvalue weighted by atomic mass is 16.5. The minimum atomic E-state index is -0.0928. The average molecular weight is 444 g/mol. The van der Waals surface area contributed by atoms with E-state index in [2.05, 4.69) is 24.4 Å². The van der Waals surface area contributed by atoms with E-state index >= 15 is 0 Å². The van der Waals surface area contributed by atoms with E-state index < -0.39 is 0 Å². The largest absolute Gasteiger partial charge is 0.497 e. The van der Waals surface area contributed by atoms with Gasteiger partial charge in [-0.2, -0.15) is 0 Å². The quantitative estimate of drug-likeness (QED) is 0.541. The number of amides is 3. The summed E-state index contributed by atoms with van der Waals surface area (Å²) in [5.41, 5.74) is 3.58. The van der Waals surface area contributed by atoms with Gasteiger partial charge in [-0.15, -0.1) is 0 Å². The van der Waals surface area contributed by atoms with Crippen molar-refractivity contribution in [1.29, 1.82) is 0 Å². The summed E-state index contributed by atoms with van der Waals surface area (Å²) in [6, 6.07) is 25.0. The van der Waals surface area contributed by atoms with Gasteiger partial charge >= 0.3 is 6.03 Å². The van der Waals surface area contributed by atoms with Crippen LogP contribution in [-0.4, -0.2) is 37.0 Å². The Morgan fingerprint density at radius 3 is 2.33 bits per heavy atom. The number of hydrogen-bond acceptors (Lipinski definition) is 3. The Kier molecular flexibility index (Phi) is 6.93. The van der Waals surface area contributed by atoms with Gasteiger partial charge in [0.25, 0.3) is 0 Å². The van der Waals surface area contributed by atoms with Crippen LogP contribution in [0.4, 0.5) is 16.2 Å². The summed E-state index contributed by atoms with van der Waals surface area (Å²) >= 11 is 0. The van der Waals surface area contributed by atoms with Crippen LogP contribution in [0.2, 0.25) is 0 Å². The Bertz CT molecular complexity index is 1080. The van der Waals surface area contributed by atoms with E-state index in [1.165, 1.54) is 0 Å². The molecule has 170 valence electrons. The summed E-state index contributed by atoms with van der Waals surface area (Å²) < 4.78 is 5.15. The predicted molar refractivity (Wildman–Crippen MR) is 131 cm³/mol. The Morgan fingerprint density at radius 2 is 1.67 bits per heavy atom. The molecule has 1 unspecified atom stereocenters. The molecule has 3 aromatic carbocycles. The van der Waals surface area contributed by atoms with Crippen molar-refractivity contribution >= 4 is 23.3 Å². The van der Waals surface area contributed by atoms with Crippen LogP contribution in [0.5, 0.6) is 5.75 Å². The number of rotatable bonds is 7. The lowest BCUT2D eigenvalue weighted by Gasteiger charge is -2.39. The Labute approximate surface area is 194 Å². The van der Waals surface area contributed by atoms with Crippen molar-refractivity contribution in [1.82, 2.24) is 4.90 Å². The molecular weight excluding hydrogens is 414 g/mol. The fourth-order valence-corrected chi connectivity index (χ4v) is 4.11. The molecule has 1 saturated heterocycles. The van der Waals surface area contributed by atoms with E-state index in [-0.39, 0.29) is 24.4 Å². The molecule has 1 aliphatic rings. The predicted octanol–water partition coefficient (Wildman–Crippen LogP) is 5.27. The highest BCUT2D eigenvalue weighted by Gasteiger charge is 2.30. The number of carbonyl (C=O) groups excluding carboxylic acids is 2. The van der Waals surface area contributed by atoms with Gasteiger partial charge in [-0.1, -0.05) is 42.5 Å². The first kappa shape index (κ1) is 22.4. The monoisotopic (exact) mass is 443 g/mol. The minimum Gasteiger partial charge on any atom is -0.497 e. The zero-order valence-corrected chi connectivity index (χ0v) is 19.0. The molecule has 6 nitrogen and oxygen atoms in total. The zero-order valence-electron chi connectivity index (χ0n) is 19.0. The number of nitrogens with one attached hydrogen (secondary N) is 1. The van der Waals surface area contributed by atoms with E-state index in [0.29, 0.717) is 12.2 Å². The maximum absolute atomic E-state index is 13.2. The van der Waals surface area contributed by atoms with E-state index in [9.17, 15) is 9.59 Å². The summed E-state index contributed by atoms with van der Waals surface area (Å²) in [6.45, 7) is 3.49. The number of urea groups is 1. The molecule has 0 aliphatic carbocycles. The van der Waals surface area contributed by atoms with Crippen LogP contribution in [0.1, 0.15) is 30.5 Å². The van der Waals surface area contributed by atoms with Gasteiger partial charge in [0, 0.05) is 24.5 Å². The van der Waals surface area contributed by atoms with Crippen LogP contribution in [0.25, 0.3) is 0 Å². The molecule has 33 heavy (non-hydrogen) atoms. The molecule has 0 radical (unpaired) electrons. The van der Waals surface area contributed by atoms with E-state index in [4.69, 9.17) is 4.74 Å². The first-order valence-corrected chi connectivity index (χ1v) is 11.2. The molecule has 1 fully saturated rings. The minimum absolute atomic E-state index is 0.00824. The lowest BCUT2D eigenvalue weighted by atomic mass is 10.1. The molecule has 1 aliphatic heterocycles. The zero-order chi connectivity index (χ0) is 23.2. The second kappa shape index (κ2) is 10.2. The topological polar surface area (TPSA) is 61.9 Å². The third-order valence-corrected chi connectivity index (χ3v) is 5.99. The number of ether oxygens (including phenoxy) is 1. The van der Waals surface area contributed by atoms with Crippen molar-refractivity contribution in [2.75, 3.05) is 30.4 Å². The van der Waals surface area contributed by atoms with Crippen molar-refractivity contribution < 1.29 is 14.3 Å². The third kappa shape index (κ3) is 5.34. The highest BCUT2D eigenvalue weighted by molar-refractivity contribution is 5.95. The fraction of sp³-hybridized carbons (Fsp3) is 0.259. The summed E-state index contributed by atoms with van der Waals surface area (Å²) in [5.74, 6) is 0.670. The molecule has 1 N–H and O–H groups in total. The standard InChI is InChI=1S/C27H29N3O3/c1-20(22-7-4-3-5-8-22)29-17-6-18-30(27(29)32)24-13-11-23(12-14-24)28-26(31)19-21-9-15-25(33-2)16-10-21/h3-5,7-16,20H,6,17-19H2,1-2H3,(H,28,31). The molecule has 0 spiro atoms. The van der Waals surface area contributed by atoms with Crippen molar-refractivity contribution in [3.05, 3.63) is 90.0 Å². The summed E-state index contributed by atoms with van der Waals surface area (Å²) in [6.07, 6.45) is 1.19. The number of carbonyl (C=O) groups is 2. The van der Waals surface area contributed by atoms with Gasteiger partial charge in [-0.05, 0) is 60.9 Å². The van der Waals surface area contributed by atoms with Gasteiger partial charge < -0.3 is 15.0 Å². The molecule has 1 atom stereocenters. The van der Waals surface area contributed by atoms with E-state index in [1.54, 1.807) is 7.11 Å². The van der Waals surface area contributed by atoms with E-state index in [0.717, 1.165) is 35.5 Å². The van der Waals surface area contributed by atoms with Crippen molar-refractivity contribution in [3.63, 3.8) is 0 Å². The molecule has 0 aromatic heterocycles. The Hall–Kier alpha value is -3.80. The SMILES string of the molecule is COc1ccc(CC(=O)Nc2ccc(N3CCCN(C(C)c4ccccc4)C3=O)cc2)cc1. The van der Waals surface area contributed by atoms with Crippen molar-refractivity contribution in [2.45, 2.75) is 25.8 Å². The third-order valence-electron chi connectivity index (χ3n) is 5.99. The van der Waals surface area contributed by atoms with Crippen LogP contribution in [0, 0.1) is 0 Å². The number of methoxy groups -OCH3 is 1. The summed E-state index contributed by atoms with van der Waals surface area (Å²) in [5, 5.41) is 2.92. The molecule has 0 bridgehead atoms. The normalized spacial score (nSPS) is 14.7. The van der Waals surface area contributed by atoms with Crippen LogP contribution < -0.4 is 15.0 Å². The van der Waals surface area contributed by atoms with Gasteiger partial charge in [-0.25, -0.2) is 4.79 Å².